The van der Waals surface area contributed by atoms with Gasteiger partial charge in [0, 0.05) is 18.1 Å². The summed E-state index contributed by atoms with van der Waals surface area (Å²) in [5, 5.41) is 7.72. The molecule has 0 unspecified atom stereocenters. The Kier molecular flexibility index (Phi) is 4.59. The topological polar surface area (TPSA) is 78.6 Å². The van der Waals surface area contributed by atoms with Gasteiger partial charge in [0.2, 0.25) is 0 Å². The normalized spacial score (nSPS) is 11.5. The van der Waals surface area contributed by atoms with Gasteiger partial charge in [-0.15, -0.1) is 5.10 Å². The fraction of sp³-hybridized carbons (Fsp3) is 0.267. The molecule has 0 aromatic carbocycles. The number of aryl methyl sites for hydroxylation is 1. The number of aromatic nitrogens is 6. The van der Waals surface area contributed by atoms with E-state index in [1.54, 1.807) is 12.3 Å². The predicted molar refractivity (Wildman–Crippen MR) is 79.9 cm³/mol. The third-order valence-corrected chi connectivity index (χ3v) is 3.25. The van der Waals surface area contributed by atoms with Crippen LogP contribution >= 0.6 is 0 Å². The second-order valence-corrected chi connectivity index (χ2v) is 5.03. The Hall–Kier alpha value is -3.04. The molecule has 0 bridgehead atoms. The maximum absolute atomic E-state index is 12.5. The van der Waals surface area contributed by atoms with Crippen LogP contribution in [0.2, 0.25) is 0 Å². The number of pyridine rings is 1. The molecule has 0 fully saturated rings. The second kappa shape index (κ2) is 6.83. The molecule has 0 aliphatic carbocycles. The Labute approximate surface area is 140 Å². The van der Waals surface area contributed by atoms with Crippen molar-refractivity contribution in [2.24, 2.45) is 0 Å². The highest BCUT2D eigenvalue weighted by Crippen LogP contribution is 2.28. The Morgan fingerprint density at radius 2 is 1.96 bits per heavy atom. The number of hydrogen-bond donors (Lipinski definition) is 0. The van der Waals surface area contributed by atoms with Crippen LogP contribution < -0.4 is 4.74 Å². The van der Waals surface area contributed by atoms with E-state index in [0.717, 1.165) is 24.4 Å². The fourth-order valence-corrected chi connectivity index (χ4v) is 1.95. The van der Waals surface area contributed by atoms with Crippen molar-refractivity contribution in [2.75, 3.05) is 0 Å². The largest absolute Gasteiger partial charge is 0.457 e. The van der Waals surface area contributed by atoms with Crippen molar-refractivity contribution in [1.29, 1.82) is 0 Å². The third kappa shape index (κ3) is 4.08. The summed E-state index contributed by atoms with van der Waals surface area (Å²) < 4.78 is 44.3. The molecule has 130 valence electrons. The third-order valence-electron chi connectivity index (χ3n) is 3.25. The molecule has 3 aromatic rings. The molecular weight excluding hydrogens is 337 g/mol. The van der Waals surface area contributed by atoms with Gasteiger partial charge in [-0.1, -0.05) is 12.1 Å². The molecule has 3 heterocycles. The van der Waals surface area contributed by atoms with Crippen LogP contribution in [-0.4, -0.2) is 29.9 Å². The van der Waals surface area contributed by atoms with Crippen molar-refractivity contribution in [3.63, 3.8) is 0 Å². The molecule has 0 N–H and O–H groups in total. The van der Waals surface area contributed by atoms with Gasteiger partial charge in [-0.25, -0.2) is 19.6 Å². The highest BCUT2D eigenvalue weighted by molar-refractivity contribution is 5.26. The minimum atomic E-state index is -4.43. The van der Waals surface area contributed by atoms with Crippen molar-refractivity contribution in [3.05, 3.63) is 53.7 Å². The first kappa shape index (κ1) is 16.8. The van der Waals surface area contributed by atoms with E-state index in [-0.39, 0.29) is 18.4 Å². The van der Waals surface area contributed by atoms with Crippen molar-refractivity contribution in [3.8, 4) is 11.8 Å². The van der Waals surface area contributed by atoms with Gasteiger partial charge in [-0.05, 0) is 24.6 Å². The van der Waals surface area contributed by atoms with Crippen LogP contribution in [0.1, 0.15) is 23.9 Å². The summed E-state index contributed by atoms with van der Waals surface area (Å²) in [6.07, 6.45) is 0.190. The van der Waals surface area contributed by atoms with E-state index in [0.29, 0.717) is 5.69 Å². The monoisotopic (exact) mass is 350 g/mol. The van der Waals surface area contributed by atoms with E-state index in [9.17, 15) is 13.2 Å². The lowest BCUT2D eigenvalue weighted by molar-refractivity contribution is -0.137. The zero-order valence-corrected chi connectivity index (χ0v) is 13.1. The molecule has 7 nitrogen and oxygen atoms in total. The molecule has 0 saturated heterocycles. The number of hydrogen-bond acceptors (Lipinski definition) is 6. The smallest absolute Gasteiger partial charge is 0.417 e. The number of nitrogens with zero attached hydrogens (tertiary/aromatic N) is 6. The standard InChI is InChI=1S/C15H13F3N6O/c1-2-11-5-6-19-14(21-11)25-9-12-8-24(23-22-12)13-4-3-10(7-20-13)15(16,17)18/h3-8H,2,9H2,1H3. The number of ether oxygens (including phenoxy) is 1. The lowest BCUT2D eigenvalue weighted by atomic mass is 10.3. The minimum Gasteiger partial charge on any atom is -0.457 e. The summed E-state index contributed by atoms with van der Waals surface area (Å²) >= 11 is 0. The minimum absolute atomic E-state index is 0.0772. The molecule has 0 spiro atoms. The van der Waals surface area contributed by atoms with E-state index in [1.807, 2.05) is 6.92 Å². The SMILES string of the molecule is CCc1ccnc(OCc2cn(-c3ccc(C(F)(F)F)cn3)nn2)n1. The van der Waals surface area contributed by atoms with Gasteiger partial charge >= 0.3 is 12.2 Å². The van der Waals surface area contributed by atoms with Crippen LogP contribution in [0.5, 0.6) is 6.01 Å². The fourth-order valence-electron chi connectivity index (χ4n) is 1.95. The molecule has 3 aromatic heterocycles. The van der Waals surface area contributed by atoms with Gasteiger partial charge in [0.15, 0.2) is 5.82 Å². The summed E-state index contributed by atoms with van der Waals surface area (Å²) in [4.78, 5) is 11.9. The van der Waals surface area contributed by atoms with E-state index in [4.69, 9.17) is 4.74 Å². The summed E-state index contributed by atoms with van der Waals surface area (Å²) in [5.41, 5.74) is 0.489. The molecule has 3 rings (SSSR count). The lowest BCUT2D eigenvalue weighted by Crippen LogP contribution is -2.07. The van der Waals surface area contributed by atoms with Crippen LogP contribution in [0.4, 0.5) is 13.2 Å². The molecule has 0 saturated carbocycles. The van der Waals surface area contributed by atoms with Gasteiger partial charge in [0.25, 0.3) is 0 Å². The Bertz CT molecular complexity index is 847. The Morgan fingerprint density at radius 3 is 2.64 bits per heavy atom. The van der Waals surface area contributed by atoms with Gasteiger partial charge in [0.05, 0.1) is 11.8 Å². The summed E-state index contributed by atoms with van der Waals surface area (Å²) in [6, 6.07) is 4.17. The van der Waals surface area contributed by atoms with E-state index < -0.39 is 11.7 Å². The maximum atomic E-state index is 12.5. The lowest BCUT2D eigenvalue weighted by Gasteiger charge is -2.06. The van der Waals surface area contributed by atoms with Crippen LogP contribution in [0, 0.1) is 0 Å². The van der Waals surface area contributed by atoms with E-state index in [2.05, 4.69) is 25.3 Å². The van der Waals surface area contributed by atoms with Crippen molar-refractivity contribution >= 4 is 0 Å². The van der Waals surface area contributed by atoms with Crippen molar-refractivity contribution in [2.45, 2.75) is 26.1 Å². The zero-order chi connectivity index (χ0) is 17.9. The summed E-state index contributed by atoms with van der Waals surface area (Å²) in [7, 11) is 0. The van der Waals surface area contributed by atoms with Gasteiger partial charge in [-0.3, -0.25) is 0 Å². The van der Waals surface area contributed by atoms with Crippen molar-refractivity contribution < 1.29 is 17.9 Å². The molecule has 25 heavy (non-hydrogen) atoms. The van der Waals surface area contributed by atoms with Crippen molar-refractivity contribution in [1.82, 2.24) is 29.9 Å². The molecule has 10 heteroatoms. The molecule has 0 aliphatic rings. The van der Waals surface area contributed by atoms with Gasteiger partial charge < -0.3 is 4.74 Å². The number of alkyl halides is 3. The molecule has 0 amide bonds. The second-order valence-electron chi connectivity index (χ2n) is 5.03. The van der Waals surface area contributed by atoms with Crippen LogP contribution in [0.3, 0.4) is 0 Å². The molecule has 0 atom stereocenters. The van der Waals surface area contributed by atoms with Crippen LogP contribution in [-0.2, 0) is 19.2 Å². The average molecular weight is 350 g/mol. The summed E-state index contributed by atoms with van der Waals surface area (Å²) in [6.45, 7) is 2.04. The summed E-state index contributed by atoms with van der Waals surface area (Å²) in [5.74, 6) is 0.219. The van der Waals surface area contributed by atoms with Gasteiger partial charge in [0.1, 0.15) is 12.3 Å². The quantitative estimate of drug-likeness (QED) is 0.704. The molecule has 0 aliphatic heterocycles. The maximum Gasteiger partial charge on any atom is 0.417 e. The average Bonchev–Trinajstić information content (AvgIpc) is 3.08. The first-order chi connectivity index (χ1) is 12.0. The van der Waals surface area contributed by atoms with E-state index >= 15 is 0 Å². The first-order valence-corrected chi connectivity index (χ1v) is 7.35. The first-order valence-electron chi connectivity index (χ1n) is 7.35. The van der Waals surface area contributed by atoms with Crippen LogP contribution in [0.25, 0.3) is 5.82 Å². The Balaban J connectivity index is 1.68. The molecular formula is C15H13F3N6O. The number of halogens is 3. The predicted octanol–water partition coefficient (Wildman–Crippen LogP) is 2.61. The Morgan fingerprint density at radius 1 is 1.12 bits per heavy atom. The number of rotatable bonds is 5. The van der Waals surface area contributed by atoms with E-state index in [1.165, 1.54) is 16.9 Å². The van der Waals surface area contributed by atoms with Gasteiger partial charge in [-0.2, -0.15) is 13.2 Å². The molecule has 0 radical (unpaired) electrons. The zero-order valence-electron chi connectivity index (χ0n) is 13.1. The van der Waals surface area contributed by atoms with Crippen LogP contribution in [0.15, 0.2) is 36.8 Å². The highest BCUT2D eigenvalue weighted by Gasteiger charge is 2.30. The highest BCUT2D eigenvalue weighted by atomic mass is 19.4.